The monoisotopic (exact) mass is 352 g/mol. The molecule has 0 aliphatic carbocycles. The van der Waals surface area contributed by atoms with Crippen molar-refractivity contribution in [2.75, 3.05) is 0 Å². The minimum absolute atomic E-state index is 0.112. The molecule has 124 valence electrons. The summed E-state index contributed by atoms with van der Waals surface area (Å²) in [5, 5.41) is 7.90. The summed E-state index contributed by atoms with van der Waals surface area (Å²) in [6, 6.07) is 28.0. The topological polar surface area (TPSA) is 17.1 Å². The summed E-state index contributed by atoms with van der Waals surface area (Å²) >= 11 is 1.27. The van der Waals surface area contributed by atoms with Crippen molar-refractivity contribution in [1.82, 2.24) is 0 Å². The molecule has 5 aromatic rings. The molecule has 26 heavy (non-hydrogen) atoms. The van der Waals surface area contributed by atoms with Crippen molar-refractivity contribution >= 4 is 49.2 Å². The summed E-state index contributed by atoms with van der Waals surface area (Å²) in [5.74, 6) is 0. The SMILES string of the molecule is CC(=O)Sc1ccc(-c2ccc3ccc4cccc5ccc2c3c45)cc1. The van der Waals surface area contributed by atoms with Gasteiger partial charge in [-0.15, -0.1) is 0 Å². The molecule has 1 nitrogen and oxygen atoms in total. The lowest BCUT2D eigenvalue weighted by atomic mass is 9.90. The molecule has 2 heteroatoms. The van der Waals surface area contributed by atoms with Gasteiger partial charge in [-0.2, -0.15) is 0 Å². The average molecular weight is 352 g/mol. The lowest BCUT2D eigenvalue weighted by Gasteiger charge is -2.14. The second-order valence-electron chi connectivity index (χ2n) is 6.59. The summed E-state index contributed by atoms with van der Waals surface area (Å²) in [4.78, 5) is 12.3. The fourth-order valence-electron chi connectivity index (χ4n) is 3.86. The Balaban J connectivity index is 1.77. The Morgan fingerprint density at radius 3 is 2.00 bits per heavy atom. The van der Waals surface area contributed by atoms with Gasteiger partial charge in [0.05, 0.1) is 0 Å². The maximum absolute atomic E-state index is 11.3. The van der Waals surface area contributed by atoms with Crippen molar-refractivity contribution in [3.63, 3.8) is 0 Å². The highest BCUT2D eigenvalue weighted by Gasteiger charge is 2.11. The summed E-state index contributed by atoms with van der Waals surface area (Å²) in [7, 11) is 0. The quantitative estimate of drug-likeness (QED) is 0.254. The highest BCUT2D eigenvalue weighted by atomic mass is 32.2. The lowest BCUT2D eigenvalue weighted by Crippen LogP contribution is -1.87. The van der Waals surface area contributed by atoms with E-state index < -0.39 is 0 Å². The van der Waals surface area contributed by atoms with Gasteiger partial charge in [-0.05, 0) is 55.6 Å². The fourth-order valence-corrected chi connectivity index (χ4v) is 4.46. The summed E-state index contributed by atoms with van der Waals surface area (Å²) < 4.78 is 0. The van der Waals surface area contributed by atoms with Crippen LogP contribution in [-0.2, 0) is 4.79 Å². The Bertz CT molecular complexity index is 1250. The first-order valence-electron chi connectivity index (χ1n) is 8.66. The third kappa shape index (κ3) is 2.38. The summed E-state index contributed by atoms with van der Waals surface area (Å²) in [6.45, 7) is 1.60. The standard InChI is InChI=1S/C24H16OS/c1-15(25)26-20-11-7-16(8-12-20)21-13-9-19-6-5-17-3-2-4-18-10-14-22(21)24(19)23(17)18/h2-14H,1H3. The van der Waals surface area contributed by atoms with Gasteiger partial charge < -0.3 is 0 Å². The normalized spacial score (nSPS) is 11.6. The molecule has 0 saturated heterocycles. The van der Waals surface area contributed by atoms with E-state index in [0.717, 1.165) is 4.90 Å². The van der Waals surface area contributed by atoms with Crippen LogP contribution in [0.2, 0.25) is 0 Å². The third-order valence-corrected chi connectivity index (χ3v) is 5.75. The van der Waals surface area contributed by atoms with Gasteiger partial charge in [-0.1, -0.05) is 78.5 Å². The van der Waals surface area contributed by atoms with E-state index in [1.54, 1.807) is 6.92 Å². The molecule has 0 atom stereocenters. The maximum atomic E-state index is 11.3. The number of carbonyl (C=O) groups is 1. The van der Waals surface area contributed by atoms with Gasteiger partial charge in [-0.25, -0.2) is 0 Å². The van der Waals surface area contributed by atoms with Crippen molar-refractivity contribution in [2.24, 2.45) is 0 Å². The molecule has 0 heterocycles. The van der Waals surface area contributed by atoms with Crippen LogP contribution in [0.4, 0.5) is 0 Å². The Morgan fingerprint density at radius 2 is 1.31 bits per heavy atom. The molecule has 0 saturated carbocycles. The molecule has 0 radical (unpaired) electrons. The molecule has 0 unspecified atom stereocenters. The van der Waals surface area contributed by atoms with E-state index in [9.17, 15) is 4.79 Å². The zero-order chi connectivity index (χ0) is 17.7. The van der Waals surface area contributed by atoms with Gasteiger partial charge in [0.2, 0.25) is 0 Å². The second-order valence-corrected chi connectivity index (χ2v) is 7.84. The Kier molecular flexibility index (Phi) is 3.47. The molecule has 0 aliphatic heterocycles. The summed E-state index contributed by atoms with van der Waals surface area (Å²) in [6.07, 6.45) is 0. The van der Waals surface area contributed by atoms with Crippen LogP contribution in [0.3, 0.4) is 0 Å². The number of carbonyl (C=O) groups excluding carboxylic acids is 1. The fraction of sp³-hybridized carbons (Fsp3) is 0.0417. The van der Waals surface area contributed by atoms with Gasteiger partial charge in [0, 0.05) is 11.8 Å². The minimum Gasteiger partial charge on any atom is -0.287 e. The average Bonchev–Trinajstić information content (AvgIpc) is 2.66. The maximum Gasteiger partial charge on any atom is 0.190 e. The third-order valence-electron chi connectivity index (χ3n) is 4.96. The summed E-state index contributed by atoms with van der Waals surface area (Å²) in [5.41, 5.74) is 2.41. The van der Waals surface area contributed by atoms with E-state index in [1.165, 1.54) is 55.2 Å². The van der Waals surface area contributed by atoms with Crippen LogP contribution in [-0.4, -0.2) is 5.12 Å². The van der Waals surface area contributed by atoms with E-state index in [0.29, 0.717) is 0 Å². The molecule has 0 spiro atoms. The molecule has 0 amide bonds. The highest BCUT2D eigenvalue weighted by molar-refractivity contribution is 8.13. The number of benzene rings is 5. The van der Waals surface area contributed by atoms with E-state index >= 15 is 0 Å². The van der Waals surface area contributed by atoms with Crippen molar-refractivity contribution in [3.8, 4) is 11.1 Å². The van der Waals surface area contributed by atoms with E-state index in [-0.39, 0.29) is 5.12 Å². The molecular weight excluding hydrogens is 336 g/mol. The van der Waals surface area contributed by atoms with Crippen LogP contribution in [0.25, 0.3) is 43.4 Å². The van der Waals surface area contributed by atoms with E-state index in [1.807, 2.05) is 12.1 Å². The Hall–Kier alpha value is -2.84. The van der Waals surface area contributed by atoms with Crippen molar-refractivity contribution in [3.05, 3.63) is 78.9 Å². The predicted octanol–water partition coefficient (Wildman–Crippen LogP) is 6.89. The molecule has 0 aliphatic rings. The van der Waals surface area contributed by atoms with Gasteiger partial charge >= 0.3 is 0 Å². The first kappa shape index (κ1) is 15.4. The molecule has 0 N–H and O–H groups in total. The minimum atomic E-state index is 0.112. The van der Waals surface area contributed by atoms with Crippen molar-refractivity contribution in [2.45, 2.75) is 11.8 Å². The first-order valence-corrected chi connectivity index (χ1v) is 9.48. The number of hydrogen-bond donors (Lipinski definition) is 0. The second kappa shape index (κ2) is 5.86. The van der Waals surface area contributed by atoms with Crippen LogP contribution < -0.4 is 0 Å². The number of hydrogen-bond acceptors (Lipinski definition) is 2. The van der Waals surface area contributed by atoms with Gasteiger partial charge in [0.1, 0.15) is 0 Å². The molecule has 5 rings (SSSR count). The lowest BCUT2D eigenvalue weighted by molar-refractivity contribution is -0.109. The van der Waals surface area contributed by atoms with Crippen molar-refractivity contribution in [1.29, 1.82) is 0 Å². The van der Waals surface area contributed by atoms with E-state index in [2.05, 4.69) is 66.7 Å². The Morgan fingerprint density at radius 1 is 0.692 bits per heavy atom. The first-order chi connectivity index (χ1) is 12.7. The van der Waals surface area contributed by atoms with Crippen molar-refractivity contribution < 1.29 is 4.79 Å². The van der Waals surface area contributed by atoms with Gasteiger partial charge in [-0.3, -0.25) is 4.79 Å². The number of rotatable bonds is 2. The highest BCUT2D eigenvalue weighted by Crippen LogP contribution is 2.39. The smallest absolute Gasteiger partial charge is 0.190 e. The zero-order valence-electron chi connectivity index (χ0n) is 14.3. The van der Waals surface area contributed by atoms with Gasteiger partial charge in [0.15, 0.2) is 5.12 Å². The van der Waals surface area contributed by atoms with Crippen LogP contribution >= 0.6 is 11.8 Å². The molecular formula is C24H16OS. The molecule has 0 fully saturated rings. The van der Waals surface area contributed by atoms with E-state index in [4.69, 9.17) is 0 Å². The van der Waals surface area contributed by atoms with Gasteiger partial charge in [0.25, 0.3) is 0 Å². The molecule has 5 aromatic carbocycles. The van der Waals surface area contributed by atoms with Crippen LogP contribution in [0.15, 0.2) is 83.8 Å². The van der Waals surface area contributed by atoms with Crippen LogP contribution in [0, 0.1) is 0 Å². The zero-order valence-corrected chi connectivity index (χ0v) is 15.1. The van der Waals surface area contributed by atoms with Crippen LogP contribution in [0.1, 0.15) is 6.92 Å². The van der Waals surface area contributed by atoms with Crippen LogP contribution in [0.5, 0.6) is 0 Å². The largest absolute Gasteiger partial charge is 0.287 e. The predicted molar refractivity (Wildman–Crippen MR) is 112 cm³/mol. The number of thioether (sulfide) groups is 1. The molecule has 0 aromatic heterocycles. The molecule has 0 bridgehead atoms. The Labute approximate surface area is 156 Å².